The van der Waals surface area contributed by atoms with Crippen LogP contribution in [0, 0.1) is 23.2 Å². The zero-order valence-corrected chi connectivity index (χ0v) is 29.5. The van der Waals surface area contributed by atoms with Gasteiger partial charge in [0.1, 0.15) is 12.1 Å². The molecule has 0 saturated carbocycles. The predicted molar refractivity (Wildman–Crippen MR) is 183 cm³/mol. The van der Waals surface area contributed by atoms with Gasteiger partial charge in [0.2, 0.25) is 11.8 Å². The number of benzene rings is 2. The first kappa shape index (κ1) is 36.1. The molecule has 1 aromatic heterocycles. The minimum Gasteiger partial charge on any atom is -0.339 e. The molecule has 2 aromatic carbocycles. The fraction of sp³-hybridized carbons (Fsp3) is 0.486. The molecule has 3 N–H and O–H groups in total. The summed E-state index contributed by atoms with van der Waals surface area (Å²) in [5.74, 6) is -1.39. The van der Waals surface area contributed by atoms with E-state index in [0.717, 1.165) is 29.0 Å². The van der Waals surface area contributed by atoms with Crippen LogP contribution in [0.4, 0.5) is 8.78 Å². The van der Waals surface area contributed by atoms with Gasteiger partial charge in [0.15, 0.2) is 0 Å². The molecule has 3 aromatic rings. The van der Waals surface area contributed by atoms with E-state index in [4.69, 9.17) is 0 Å². The summed E-state index contributed by atoms with van der Waals surface area (Å²) in [4.78, 5) is 66.2. The van der Waals surface area contributed by atoms with Gasteiger partial charge in [-0.05, 0) is 54.3 Å². The van der Waals surface area contributed by atoms with Crippen molar-refractivity contribution in [3.8, 4) is 6.07 Å². The maximum Gasteiger partial charge on any atom is 0.399 e. The number of hydrogen-bond donors (Lipinski definition) is 3. The van der Waals surface area contributed by atoms with Crippen LogP contribution in [0.2, 0.25) is 0 Å². The second-order valence-corrected chi connectivity index (χ2v) is 16.6. The highest BCUT2D eigenvalue weighted by molar-refractivity contribution is 7.52. The Kier molecular flexibility index (Phi) is 10.2. The maximum absolute atomic E-state index is 14.4. The molecule has 50 heavy (non-hydrogen) atoms. The van der Waals surface area contributed by atoms with Crippen molar-refractivity contribution >= 4 is 46.7 Å². The zero-order valence-electron chi connectivity index (χ0n) is 27.7. The SMILES string of the molecule is CC(C)CN1CC[C@H]2CC[C@@H](C(=O)N3C[C@@H](C#N)[C@H](c4ccccc4)C3)N2C(=O)[C@@H](NC(=O)c2cc3cc(C(F)(F)P(=O)(O)O)ccc3s2)C1. The van der Waals surface area contributed by atoms with Crippen LogP contribution in [0.15, 0.2) is 54.6 Å². The van der Waals surface area contributed by atoms with Gasteiger partial charge in [-0.2, -0.15) is 14.0 Å². The van der Waals surface area contributed by atoms with E-state index >= 15 is 0 Å². The number of nitrogens with one attached hydrogen (secondary N) is 1. The second kappa shape index (κ2) is 14.1. The summed E-state index contributed by atoms with van der Waals surface area (Å²) < 4.78 is 40.7. The van der Waals surface area contributed by atoms with Crippen molar-refractivity contribution in [1.29, 1.82) is 5.26 Å². The van der Waals surface area contributed by atoms with Crippen LogP contribution in [0.1, 0.15) is 59.8 Å². The lowest BCUT2D eigenvalue weighted by Gasteiger charge is -2.39. The Morgan fingerprint density at radius 1 is 1.08 bits per heavy atom. The molecule has 4 heterocycles. The van der Waals surface area contributed by atoms with Gasteiger partial charge in [-0.25, -0.2) is 0 Å². The Morgan fingerprint density at radius 2 is 1.82 bits per heavy atom. The van der Waals surface area contributed by atoms with E-state index in [2.05, 4.69) is 30.1 Å². The molecule has 15 heteroatoms. The molecule has 266 valence electrons. The topological polar surface area (TPSA) is 154 Å². The standard InChI is InChI=1S/C35H40F2N5O6PS/c1-21(2)17-40-13-12-26-9-10-29(34(45)41-18-24(16-38)27(19-41)22-6-4-3-5-7-22)42(26)33(44)28(20-40)39-32(43)31-15-23-14-25(8-11-30(23)50-31)35(36,37)49(46,47)48/h3-8,11,14-15,21,24,26-29H,9-10,12-13,17-20H2,1-2H3,(H,39,43)(H2,46,47,48)/t24-,26-,27+,28+,29+/m1/s1. The van der Waals surface area contributed by atoms with Crippen molar-refractivity contribution < 1.29 is 37.5 Å². The number of carbonyl (C=O) groups is 3. The average molecular weight is 728 g/mol. The van der Waals surface area contributed by atoms with E-state index in [0.29, 0.717) is 49.5 Å². The molecule has 6 rings (SSSR count). The molecule has 3 aliphatic rings. The number of nitriles is 1. The van der Waals surface area contributed by atoms with E-state index in [1.54, 1.807) is 9.80 Å². The van der Waals surface area contributed by atoms with E-state index in [1.807, 2.05) is 30.3 Å². The van der Waals surface area contributed by atoms with Crippen molar-refractivity contribution in [3.05, 3.63) is 70.6 Å². The summed E-state index contributed by atoms with van der Waals surface area (Å²) >= 11 is 1.01. The largest absolute Gasteiger partial charge is 0.399 e. The third kappa shape index (κ3) is 7.07. The van der Waals surface area contributed by atoms with Crippen molar-refractivity contribution in [2.24, 2.45) is 11.8 Å². The molecule has 11 nitrogen and oxygen atoms in total. The van der Waals surface area contributed by atoms with Crippen LogP contribution >= 0.6 is 18.9 Å². The monoisotopic (exact) mass is 727 g/mol. The van der Waals surface area contributed by atoms with Gasteiger partial charge >= 0.3 is 13.3 Å². The molecular weight excluding hydrogens is 687 g/mol. The molecule has 0 spiro atoms. The summed E-state index contributed by atoms with van der Waals surface area (Å²) in [6.45, 7) is 6.36. The molecule has 0 bridgehead atoms. The Morgan fingerprint density at radius 3 is 2.50 bits per heavy atom. The maximum atomic E-state index is 14.4. The number of likely N-dealkylation sites (tertiary alicyclic amines) is 1. The van der Waals surface area contributed by atoms with Gasteiger partial charge in [0, 0.05) is 54.9 Å². The molecule has 0 radical (unpaired) electrons. The minimum atomic E-state index is -5.78. The fourth-order valence-electron chi connectivity index (χ4n) is 7.57. The highest BCUT2D eigenvalue weighted by atomic mass is 32.1. The van der Waals surface area contributed by atoms with Gasteiger partial charge < -0.3 is 29.8 Å². The number of alkyl halides is 2. The molecule has 3 fully saturated rings. The molecule has 3 saturated heterocycles. The number of amides is 3. The third-order valence-corrected chi connectivity index (χ3v) is 12.1. The van der Waals surface area contributed by atoms with Gasteiger partial charge in [0.05, 0.1) is 16.9 Å². The minimum absolute atomic E-state index is 0.137. The van der Waals surface area contributed by atoms with Crippen molar-refractivity contribution in [2.45, 2.75) is 62.8 Å². The zero-order chi connectivity index (χ0) is 36.0. The summed E-state index contributed by atoms with van der Waals surface area (Å²) in [6, 6.07) is 14.6. The molecule has 3 amide bonds. The lowest BCUT2D eigenvalue weighted by atomic mass is 9.90. The lowest BCUT2D eigenvalue weighted by Crippen LogP contribution is -2.60. The van der Waals surface area contributed by atoms with E-state index in [-0.39, 0.29) is 53.0 Å². The number of rotatable bonds is 8. The van der Waals surface area contributed by atoms with E-state index in [1.165, 1.54) is 12.1 Å². The summed E-state index contributed by atoms with van der Waals surface area (Å²) in [5, 5.41) is 13.0. The summed E-state index contributed by atoms with van der Waals surface area (Å²) in [7, 11) is -5.78. The number of thiophene rings is 1. The van der Waals surface area contributed by atoms with Crippen LogP contribution < -0.4 is 5.32 Å². The first-order valence-electron chi connectivity index (χ1n) is 16.7. The fourth-order valence-corrected chi connectivity index (χ4v) is 9.00. The second-order valence-electron chi connectivity index (χ2n) is 13.9. The van der Waals surface area contributed by atoms with Crippen molar-refractivity contribution in [2.75, 3.05) is 32.7 Å². The first-order chi connectivity index (χ1) is 23.7. The molecule has 0 aliphatic carbocycles. The van der Waals surface area contributed by atoms with Crippen LogP contribution in [0.5, 0.6) is 0 Å². The quantitative estimate of drug-likeness (QED) is 0.282. The molecular formula is C35H40F2N5O6PS. The Bertz CT molecular complexity index is 1860. The summed E-state index contributed by atoms with van der Waals surface area (Å²) in [5.41, 5.74) is -4.28. The number of hydrogen-bond acceptors (Lipinski definition) is 7. The highest BCUT2D eigenvalue weighted by Crippen LogP contribution is 2.59. The van der Waals surface area contributed by atoms with Gasteiger partial charge in [0.25, 0.3) is 5.91 Å². The highest BCUT2D eigenvalue weighted by Gasteiger charge is 2.51. The Hall–Kier alpha value is -3.73. The van der Waals surface area contributed by atoms with Crippen LogP contribution in [-0.4, -0.2) is 93.1 Å². The number of carbonyl (C=O) groups excluding carboxylic acids is 3. The molecule has 3 aliphatic heterocycles. The first-order valence-corrected chi connectivity index (χ1v) is 19.2. The average Bonchev–Trinajstić information content (AvgIpc) is 3.81. The van der Waals surface area contributed by atoms with E-state index in [9.17, 15) is 42.8 Å². The molecule has 0 unspecified atom stereocenters. The van der Waals surface area contributed by atoms with Gasteiger partial charge in [-0.3, -0.25) is 18.9 Å². The third-order valence-electron chi connectivity index (χ3n) is 9.97. The smallest absolute Gasteiger partial charge is 0.339 e. The number of fused-ring (bicyclic) bond motifs is 2. The Balaban J connectivity index is 1.24. The molecule has 5 atom stereocenters. The van der Waals surface area contributed by atoms with Crippen molar-refractivity contribution in [1.82, 2.24) is 20.0 Å². The van der Waals surface area contributed by atoms with Crippen LogP contribution in [0.3, 0.4) is 0 Å². The van der Waals surface area contributed by atoms with E-state index < -0.39 is 36.8 Å². The van der Waals surface area contributed by atoms with Crippen LogP contribution in [0.25, 0.3) is 10.1 Å². The van der Waals surface area contributed by atoms with Crippen LogP contribution in [-0.2, 0) is 19.8 Å². The number of halogens is 2. The predicted octanol–water partition coefficient (Wildman–Crippen LogP) is 4.71. The summed E-state index contributed by atoms with van der Waals surface area (Å²) in [6.07, 6.45) is 1.78. The normalized spacial score (nSPS) is 25.0. The van der Waals surface area contributed by atoms with Gasteiger partial charge in [-0.15, -0.1) is 11.3 Å². The lowest BCUT2D eigenvalue weighted by molar-refractivity contribution is -0.147. The van der Waals surface area contributed by atoms with Crippen molar-refractivity contribution in [3.63, 3.8) is 0 Å². The number of nitrogens with zero attached hydrogens (tertiary/aromatic N) is 4. The van der Waals surface area contributed by atoms with Gasteiger partial charge in [-0.1, -0.05) is 50.2 Å². The Labute approximate surface area is 293 Å².